The summed E-state index contributed by atoms with van der Waals surface area (Å²) in [5.74, 6) is -1.23. The smallest absolute Gasteiger partial charge is 0.320 e. The predicted octanol–water partition coefficient (Wildman–Crippen LogP) is 2.66. The number of hydrogen-bond donors (Lipinski definition) is 3. The Morgan fingerprint density at radius 2 is 2.09 bits per heavy atom. The Hall–Kier alpha value is -2.40. The number of para-hydroxylation sites is 1. The number of nitrogens with two attached hydrogens (primary N) is 1. The minimum absolute atomic E-state index is 0.113. The highest BCUT2D eigenvalue weighted by Crippen LogP contribution is 2.24. The zero-order chi connectivity index (χ0) is 16.1. The average Bonchev–Trinajstić information content (AvgIpc) is 2.86. The van der Waals surface area contributed by atoms with Gasteiger partial charge in [-0.1, -0.05) is 37.6 Å². The van der Waals surface area contributed by atoms with Crippen LogP contribution in [0.4, 0.5) is 0 Å². The molecule has 0 saturated heterocycles. The van der Waals surface area contributed by atoms with Crippen LogP contribution in [0.25, 0.3) is 10.9 Å². The SMILES string of the molecule is CCCC=CC(=O)c1[nH]c2ccccc2c1CC(N)C(=O)O. The Morgan fingerprint density at radius 1 is 1.36 bits per heavy atom. The van der Waals surface area contributed by atoms with Gasteiger partial charge in [-0.05, 0) is 24.1 Å². The van der Waals surface area contributed by atoms with Crippen molar-refractivity contribution < 1.29 is 14.7 Å². The highest BCUT2D eigenvalue weighted by Gasteiger charge is 2.21. The van der Waals surface area contributed by atoms with Crippen LogP contribution in [-0.2, 0) is 11.2 Å². The lowest BCUT2D eigenvalue weighted by Crippen LogP contribution is -2.32. The van der Waals surface area contributed by atoms with Crippen molar-refractivity contribution in [3.05, 3.63) is 47.7 Å². The predicted molar refractivity (Wildman–Crippen MR) is 86.0 cm³/mol. The molecule has 0 aliphatic rings. The second-order valence-electron chi connectivity index (χ2n) is 5.23. The molecule has 0 bridgehead atoms. The van der Waals surface area contributed by atoms with Crippen LogP contribution in [0, 0.1) is 0 Å². The Bertz CT molecular complexity index is 716. The first-order chi connectivity index (χ1) is 10.5. The number of fused-ring (bicyclic) bond motifs is 1. The van der Waals surface area contributed by atoms with Crippen molar-refractivity contribution in [3.8, 4) is 0 Å². The normalized spacial score (nSPS) is 12.8. The van der Waals surface area contributed by atoms with Crippen LogP contribution in [0.2, 0.25) is 0 Å². The molecule has 2 aromatic rings. The van der Waals surface area contributed by atoms with Crippen molar-refractivity contribution in [1.82, 2.24) is 4.98 Å². The first kappa shape index (κ1) is 16.0. The van der Waals surface area contributed by atoms with E-state index < -0.39 is 12.0 Å². The number of H-pyrrole nitrogens is 1. The molecule has 0 spiro atoms. The molecule has 1 atom stereocenters. The molecule has 1 unspecified atom stereocenters. The molecule has 1 aromatic carbocycles. The maximum absolute atomic E-state index is 12.4. The van der Waals surface area contributed by atoms with E-state index in [9.17, 15) is 9.59 Å². The molecular formula is C17H20N2O3. The number of nitrogens with one attached hydrogen (secondary N) is 1. The molecular weight excluding hydrogens is 280 g/mol. The van der Waals surface area contributed by atoms with Gasteiger partial charge in [0, 0.05) is 17.3 Å². The second kappa shape index (κ2) is 7.04. The third kappa shape index (κ3) is 3.43. The van der Waals surface area contributed by atoms with Gasteiger partial charge in [0.15, 0.2) is 0 Å². The van der Waals surface area contributed by atoms with Crippen LogP contribution in [0.5, 0.6) is 0 Å². The minimum atomic E-state index is -1.08. The molecule has 2 rings (SSSR count). The molecule has 0 radical (unpaired) electrons. The highest BCUT2D eigenvalue weighted by atomic mass is 16.4. The Morgan fingerprint density at radius 3 is 2.77 bits per heavy atom. The van der Waals surface area contributed by atoms with Gasteiger partial charge >= 0.3 is 5.97 Å². The van der Waals surface area contributed by atoms with E-state index in [0.717, 1.165) is 23.7 Å². The van der Waals surface area contributed by atoms with Crippen LogP contribution in [0.1, 0.15) is 35.8 Å². The van der Waals surface area contributed by atoms with Crippen LogP contribution < -0.4 is 5.73 Å². The number of aromatic amines is 1. The number of carboxylic acids is 1. The van der Waals surface area contributed by atoms with E-state index in [1.807, 2.05) is 37.3 Å². The lowest BCUT2D eigenvalue weighted by molar-refractivity contribution is -0.138. The highest BCUT2D eigenvalue weighted by molar-refractivity contribution is 6.08. The van der Waals surface area contributed by atoms with Gasteiger partial charge in [-0.15, -0.1) is 0 Å². The number of unbranched alkanes of at least 4 members (excludes halogenated alkanes) is 1. The van der Waals surface area contributed by atoms with E-state index in [1.165, 1.54) is 6.08 Å². The van der Waals surface area contributed by atoms with Crippen molar-refractivity contribution >= 4 is 22.7 Å². The van der Waals surface area contributed by atoms with Crippen molar-refractivity contribution in [2.24, 2.45) is 5.73 Å². The number of aromatic nitrogens is 1. The first-order valence-electron chi connectivity index (χ1n) is 7.33. The quantitative estimate of drug-likeness (QED) is 0.541. The third-order valence-corrected chi connectivity index (χ3v) is 3.53. The summed E-state index contributed by atoms with van der Waals surface area (Å²) in [7, 11) is 0. The standard InChI is InChI=1S/C17H20N2O3/c1-2-3-4-9-15(20)16-12(10-13(18)17(21)22)11-7-5-6-8-14(11)19-16/h4-9,13,19H,2-3,10,18H2,1H3,(H,21,22). The monoisotopic (exact) mass is 300 g/mol. The number of rotatable bonds is 7. The molecule has 0 aliphatic heterocycles. The maximum atomic E-state index is 12.4. The summed E-state index contributed by atoms with van der Waals surface area (Å²) >= 11 is 0. The summed E-state index contributed by atoms with van der Waals surface area (Å²) in [4.78, 5) is 26.5. The van der Waals surface area contributed by atoms with Crippen molar-refractivity contribution in [2.45, 2.75) is 32.2 Å². The number of ketones is 1. The van der Waals surface area contributed by atoms with Crippen LogP contribution in [-0.4, -0.2) is 27.9 Å². The molecule has 0 aliphatic carbocycles. The van der Waals surface area contributed by atoms with Gasteiger partial charge in [-0.25, -0.2) is 0 Å². The number of hydrogen-bond acceptors (Lipinski definition) is 3. The van der Waals surface area contributed by atoms with Crippen molar-refractivity contribution in [3.63, 3.8) is 0 Å². The van der Waals surface area contributed by atoms with E-state index in [2.05, 4.69) is 4.98 Å². The fourth-order valence-corrected chi connectivity index (χ4v) is 2.37. The fraction of sp³-hybridized carbons (Fsp3) is 0.294. The number of benzene rings is 1. The summed E-state index contributed by atoms with van der Waals surface area (Å²) in [5.41, 5.74) is 7.54. The molecule has 22 heavy (non-hydrogen) atoms. The summed E-state index contributed by atoms with van der Waals surface area (Å²) in [6.45, 7) is 2.04. The van der Waals surface area contributed by atoms with Gasteiger partial charge in [0.25, 0.3) is 0 Å². The van der Waals surface area contributed by atoms with Crippen LogP contribution >= 0.6 is 0 Å². The average molecular weight is 300 g/mol. The Balaban J connectivity index is 2.43. The molecule has 1 heterocycles. The summed E-state index contributed by atoms with van der Waals surface area (Å²) in [6, 6.07) is 6.40. The maximum Gasteiger partial charge on any atom is 0.320 e. The van der Waals surface area contributed by atoms with E-state index in [4.69, 9.17) is 10.8 Å². The zero-order valence-corrected chi connectivity index (χ0v) is 12.5. The molecule has 4 N–H and O–H groups in total. The van der Waals surface area contributed by atoms with Gasteiger partial charge in [-0.3, -0.25) is 9.59 Å². The summed E-state index contributed by atoms with van der Waals surface area (Å²) in [6.07, 6.45) is 5.27. The molecule has 5 heteroatoms. The number of aliphatic carboxylic acids is 1. The van der Waals surface area contributed by atoms with Gasteiger partial charge in [-0.2, -0.15) is 0 Å². The van der Waals surface area contributed by atoms with Crippen LogP contribution in [0.15, 0.2) is 36.4 Å². The third-order valence-electron chi connectivity index (χ3n) is 3.53. The molecule has 1 aromatic heterocycles. The van der Waals surface area contributed by atoms with Crippen LogP contribution in [0.3, 0.4) is 0 Å². The fourth-order valence-electron chi connectivity index (χ4n) is 2.37. The Labute approximate surface area is 128 Å². The number of carbonyl (C=O) groups is 2. The largest absolute Gasteiger partial charge is 0.480 e. The lowest BCUT2D eigenvalue weighted by atomic mass is 10.0. The van der Waals surface area contributed by atoms with Crippen molar-refractivity contribution in [1.29, 1.82) is 0 Å². The molecule has 0 amide bonds. The number of allylic oxidation sites excluding steroid dienone is 2. The first-order valence-corrected chi connectivity index (χ1v) is 7.33. The van der Waals surface area contributed by atoms with E-state index in [-0.39, 0.29) is 12.2 Å². The van der Waals surface area contributed by atoms with E-state index >= 15 is 0 Å². The van der Waals surface area contributed by atoms with E-state index in [1.54, 1.807) is 0 Å². The molecule has 0 fully saturated rings. The van der Waals surface area contributed by atoms with Crippen molar-refractivity contribution in [2.75, 3.05) is 0 Å². The number of carbonyl (C=O) groups excluding carboxylic acids is 1. The van der Waals surface area contributed by atoms with Gasteiger partial charge in [0.05, 0.1) is 5.69 Å². The van der Waals surface area contributed by atoms with E-state index in [0.29, 0.717) is 11.3 Å². The Kier molecular flexibility index (Phi) is 5.12. The molecule has 116 valence electrons. The summed E-state index contributed by atoms with van der Waals surface area (Å²) < 4.78 is 0. The molecule has 5 nitrogen and oxygen atoms in total. The van der Waals surface area contributed by atoms with Gasteiger partial charge in [0.2, 0.25) is 5.78 Å². The second-order valence-corrected chi connectivity index (χ2v) is 5.23. The van der Waals surface area contributed by atoms with Gasteiger partial charge < -0.3 is 15.8 Å². The minimum Gasteiger partial charge on any atom is -0.480 e. The topological polar surface area (TPSA) is 96.2 Å². The molecule has 0 saturated carbocycles. The lowest BCUT2D eigenvalue weighted by Gasteiger charge is -2.07. The summed E-state index contributed by atoms with van der Waals surface area (Å²) in [5, 5.41) is 9.86. The number of carboxylic acid groups (broad SMARTS) is 1. The zero-order valence-electron chi connectivity index (χ0n) is 12.5. The van der Waals surface area contributed by atoms with Gasteiger partial charge in [0.1, 0.15) is 6.04 Å².